The third-order valence-electron chi connectivity index (χ3n) is 3.09. The van der Waals surface area contributed by atoms with Crippen molar-refractivity contribution >= 4 is 29.5 Å². The second kappa shape index (κ2) is 8.04. The van der Waals surface area contributed by atoms with Gasteiger partial charge in [-0.1, -0.05) is 0 Å². The van der Waals surface area contributed by atoms with Crippen molar-refractivity contribution in [1.29, 1.82) is 0 Å². The number of carbonyl (C=O) groups is 3. The van der Waals surface area contributed by atoms with E-state index < -0.39 is 0 Å². The maximum absolute atomic E-state index is 11.9. The molecular weight excluding hydrogens is 268 g/mol. The number of hydrogen-bond acceptors (Lipinski definition) is 5. The molecule has 0 radical (unpaired) electrons. The van der Waals surface area contributed by atoms with Crippen LogP contribution in [0.4, 0.5) is 0 Å². The van der Waals surface area contributed by atoms with Crippen molar-refractivity contribution < 1.29 is 19.1 Å². The number of esters is 1. The van der Waals surface area contributed by atoms with Crippen molar-refractivity contribution in [3.63, 3.8) is 0 Å². The molecule has 1 rings (SSSR count). The van der Waals surface area contributed by atoms with Gasteiger partial charge in [-0.25, -0.2) is 0 Å². The molecule has 0 bridgehead atoms. The van der Waals surface area contributed by atoms with Gasteiger partial charge < -0.3 is 15.4 Å². The highest BCUT2D eigenvalue weighted by atomic mass is 32.2. The first-order valence-electron chi connectivity index (χ1n) is 6.26. The van der Waals surface area contributed by atoms with E-state index in [2.05, 4.69) is 0 Å². The van der Waals surface area contributed by atoms with Crippen molar-refractivity contribution in [2.24, 2.45) is 11.7 Å². The number of likely N-dealkylation sites (tertiary alicyclic amines) is 1. The summed E-state index contributed by atoms with van der Waals surface area (Å²) in [6.45, 7) is 1.19. The lowest BCUT2D eigenvalue weighted by atomic mass is 9.97. The van der Waals surface area contributed by atoms with Gasteiger partial charge in [-0.05, 0) is 12.8 Å². The molecule has 1 aliphatic rings. The van der Waals surface area contributed by atoms with Gasteiger partial charge in [0.2, 0.25) is 11.8 Å². The fourth-order valence-electron chi connectivity index (χ4n) is 2.02. The lowest BCUT2D eigenvalue weighted by Crippen LogP contribution is -2.40. The Morgan fingerprint density at radius 3 is 2.47 bits per heavy atom. The number of piperidine rings is 1. The lowest BCUT2D eigenvalue weighted by Gasteiger charge is -2.30. The molecule has 1 saturated heterocycles. The van der Waals surface area contributed by atoms with Crippen LogP contribution in [0.25, 0.3) is 0 Å². The zero-order valence-electron chi connectivity index (χ0n) is 11.1. The van der Waals surface area contributed by atoms with Gasteiger partial charge in [0.05, 0.1) is 18.8 Å². The quantitative estimate of drug-likeness (QED) is 0.549. The smallest absolute Gasteiger partial charge is 0.308 e. The summed E-state index contributed by atoms with van der Waals surface area (Å²) in [7, 11) is 1.38. The second-order valence-corrected chi connectivity index (χ2v) is 5.55. The van der Waals surface area contributed by atoms with Crippen LogP contribution in [0.5, 0.6) is 0 Å². The Hall–Kier alpha value is -1.24. The maximum Gasteiger partial charge on any atom is 0.308 e. The number of methoxy groups -OCH3 is 1. The first-order valence-corrected chi connectivity index (χ1v) is 7.41. The Balaban J connectivity index is 2.21. The minimum atomic E-state index is -0.364. The van der Waals surface area contributed by atoms with E-state index in [4.69, 9.17) is 10.5 Å². The zero-order valence-corrected chi connectivity index (χ0v) is 11.9. The number of thioether (sulfide) groups is 1. The highest BCUT2D eigenvalue weighted by Crippen LogP contribution is 2.19. The van der Waals surface area contributed by atoms with Gasteiger partial charge in [0, 0.05) is 25.3 Å². The van der Waals surface area contributed by atoms with Gasteiger partial charge in [0.1, 0.15) is 0 Å². The molecule has 108 valence electrons. The largest absolute Gasteiger partial charge is 0.469 e. The summed E-state index contributed by atoms with van der Waals surface area (Å²) in [5.41, 5.74) is 5.01. The van der Waals surface area contributed by atoms with Crippen molar-refractivity contribution in [1.82, 2.24) is 4.90 Å². The third-order valence-corrected chi connectivity index (χ3v) is 4.07. The fourth-order valence-corrected chi connectivity index (χ4v) is 2.69. The normalized spacial score (nSPS) is 16.2. The predicted molar refractivity (Wildman–Crippen MR) is 72.5 cm³/mol. The summed E-state index contributed by atoms with van der Waals surface area (Å²) >= 11 is 1.37. The molecule has 6 nitrogen and oxygen atoms in total. The Kier molecular flexibility index (Phi) is 6.69. The van der Waals surface area contributed by atoms with Crippen LogP contribution >= 0.6 is 11.8 Å². The van der Waals surface area contributed by atoms with Crippen LogP contribution < -0.4 is 5.73 Å². The highest BCUT2D eigenvalue weighted by Gasteiger charge is 2.27. The standard InChI is InChI=1S/C12H20N2O4S/c1-18-12(17)9-2-5-14(6-3-9)11(16)4-7-19-8-10(13)15/h9H,2-8H2,1H3,(H2,13,15). The number of ether oxygens (including phenoxy) is 1. The number of rotatable bonds is 6. The van der Waals surface area contributed by atoms with Gasteiger partial charge in [0.15, 0.2) is 0 Å². The number of hydrogen-bond donors (Lipinski definition) is 1. The van der Waals surface area contributed by atoms with E-state index in [1.165, 1.54) is 18.9 Å². The van der Waals surface area contributed by atoms with Gasteiger partial charge in [-0.3, -0.25) is 14.4 Å². The molecule has 0 atom stereocenters. The minimum absolute atomic E-state index is 0.0697. The van der Waals surface area contributed by atoms with E-state index in [0.29, 0.717) is 38.1 Å². The number of amides is 2. The first kappa shape index (κ1) is 15.8. The summed E-state index contributed by atoms with van der Waals surface area (Å²) in [5, 5.41) is 0. The molecule has 0 aliphatic carbocycles. The van der Waals surface area contributed by atoms with Crippen molar-refractivity contribution in [3.8, 4) is 0 Å². The number of carbonyl (C=O) groups excluding carboxylic acids is 3. The Morgan fingerprint density at radius 1 is 1.32 bits per heavy atom. The lowest BCUT2D eigenvalue weighted by molar-refractivity contribution is -0.148. The predicted octanol–water partition coefficient (Wildman–Crippen LogP) is 0.00660. The van der Waals surface area contributed by atoms with Crippen LogP contribution in [-0.2, 0) is 19.1 Å². The van der Waals surface area contributed by atoms with Crippen LogP contribution in [0.1, 0.15) is 19.3 Å². The van der Waals surface area contributed by atoms with Crippen LogP contribution in [0.2, 0.25) is 0 Å². The van der Waals surface area contributed by atoms with Gasteiger partial charge in [0.25, 0.3) is 0 Å². The second-order valence-electron chi connectivity index (χ2n) is 4.45. The van der Waals surface area contributed by atoms with Crippen LogP contribution in [0.15, 0.2) is 0 Å². The van der Waals surface area contributed by atoms with Crippen molar-refractivity contribution in [2.45, 2.75) is 19.3 Å². The maximum atomic E-state index is 11.9. The Bertz CT molecular complexity index is 341. The summed E-state index contributed by atoms with van der Waals surface area (Å²) in [5.74, 6) is 0.273. The summed E-state index contributed by atoms with van der Waals surface area (Å²) in [6.07, 6.45) is 1.72. The SMILES string of the molecule is COC(=O)C1CCN(C(=O)CCSCC(N)=O)CC1. The topological polar surface area (TPSA) is 89.7 Å². The molecular formula is C12H20N2O4S. The monoisotopic (exact) mass is 288 g/mol. The zero-order chi connectivity index (χ0) is 14.3. The Labute approximate surface area is 117 Å². The van der Waals surface area contributed by atoms with Gasteiger partial charge in [-0.15, -0.1) is 0 Å². The molecule has 0 aromatic heterocycles. The van der Waals surface area contributed by atoms with E-state index >= 15 is 0 Å². The van der Waals surface area contributed by atoms with Crippen molar-refractivity contribution in [3.05, 3.63) is 0 Å². The molecule has 0 unspecified atom stereocenters. The first-order chi connectivity index (χ1) is 9.04. The van der Waals surface area contributed by atoms with Crippen LogP contribution in [0.3, 0.4) is 0 Å². The molecule has 1 aliphatic heterocycles. The Morgan fingerprint density at radius 2 is 1.95 bits per heavy atom. The van der Waals surface area contributed by atoms with E-state index in [-0.39, 0.29) is 29.5 Å². The fraction of sp³-hybridized carbons (Fsp3) is 0.750. The van der Waals surface area contributed by atoms with E-state index in [1.807, 2.05) is 0 Å². The number of primary amides is 1. The summed E-state index contributed by atoms with van der Waals surface area (Å²) < 4.78 is 4.70. The number of nitrogens with two attached hydrogens (primary N) is 1. The van der Waals surface area contributed by atoms with E-state index in [0.717, 1.165) is 0 Å². The molecule has 2 amide bonds. The number of nitrogens with zero attached hydrogens (tertiary/aromatic N) is 1. The molecule has 0 aromatic rings. The highest BCUT2D eigenvalue weighted by molar-refractivity contribution is 7.99. The van der Waals surface area contributed by atoms with Crippen molar-refractivity contribution in [2.75, 3.05) is 31.7 Å². The molecule has 0 saturated carbocycles. The average Bonchev–Trinajstić information content (AvgIpc) is 2.42. The molecule has 1 heterocycles. The summed E-state index contributed by atoms with van der Waals surface area (Å²) in [4.78, 5) is 35.5. The molecule has 0 spiro atoms. The van der Waals surface area contributed by atoms with E-state index in [9.17, 15) is 14.4 Å². The van der Waals surface area contributed by atoms with Crippen LogP contribution in [-0.4, -0.2) is 54.4 Å². The molecule has 0 aromatic carbocycles. The minimum Gasteiger partial charge on any atom is -0.469 e. The molecule has 19 heavy (non-hydrogen) atoms. The molecule has 7 heteroatoms. The van der Waals surface area contributed by atoms with Crippen LogP contribution in [0, 0.1) is 5.92 Å². The molecule has 1 fully saturated rings. The van der Waals surface area contributed by atoms with Gasteiger partial charge >= 0.3 is 5.97 Å². The average molecular weight is 288 g/mol. The summed E-state index contributed by atoms with van der Waals surface area (Å²) in [6, 6.07) is 0. The molecule has 2 N–H and O–H groups in total. The van der Waals surface area contributed by atoms with Gasteiger partial charge in [-0.2, -0.15) is 11.8 Å². The van der Waals surface area contributed by atoms with E-state index in [1.54, 1.807) is 4.90 Å². The third kappa shape index (κ3) is 5.50.